The quantitative estimate of drug-likeness (QED) is 0.878. The van der Waals surface area contributed by atoms with Crippen LogP contribution in [0.2, 0.25) is 0 Å². The number of aromatic nitrogens is 1. The van der Waals surface area contributed by atoms with Gasteiger partial charge >= 0.3 is 5.97 Å². The van der Waals surface area contributed by atoms with Crippen LogP contribution < -0.4 is 0 Å². The highest BCUT2D eigenvalue weighted by molar-refractivity contribution is 5.90. The van der Waals surface area contributed by atoms with E-state index in [1.165, 1.54) is 6.42 Å². The van der Waals surface area contributed by atoms with Gasteiger partial charge in [0.2, 0.25) is 0 Å². The van der Waals surface area contributed by atoms with E-state index in [9.17, 15) is 9.90 Å². The summed E-state index contributed by atoms with van der Waals surface area (Å²) in [6, 6.07) is 8.02. The Kier molecular flexibility index (Phi) is 3.51. The first-order valence-electron chi connectivity index (χ1n) is 7.48. The minimum atomic E-state index is -0.676. The fourth-order valence-electron chi connectivity index (χ4n) is 3.73. The molecule has 2 aromatic rings. The summed E-state index contributed by atoms with van der Waals surface area (Å²) in [5, 5.41) is 10.8. The van der Waals surface area contributed by atoms with Gasteiger partial charge in [0.1, 0.15) is 0 Å². The first kappa shape index (κ1) is 13.2. The minimum absolute atomic E-state index is 0.277. The monoisotopic (exact) mass is 271 g/mol. The number of carboxylic acids is 1. The Morgan fingerprint density at radius 2 is 1.95 bits per heavy atom. The third kappa shape index (κ3) is 2.21. The van der Waals surface area contributed by atoms with Crippen LogP contribution in [0.1, 0.15) is 49.3 Å². The molecule has 0 saturated heterocycles. The van der Waals surface area contributed by atoms with Gasteiger partial charge in [-0.25, -0.2) is 0 Å². The molecule has 106 valence electrons. The molecule has 1 aliphatic rings. The molecule has 3 nitrogen and oxygen atoms in total. The van der Waals surface area contributed by atoms with Crippen molar-refractivity contribution in [2.75, 3.05) is 0 Å². The molecule has 1 aromatic heterocycles. The molecular weight excluding hydrogens is 250 g/mol. The van der Waals surface area contributed by atoms with Crippen molar-refractivity contribution in [1.29, 1.82) is 0 Å². The number of aryl methyl sites for hydroxylation is 1. The SMILES string of the molecule is Cc1[nH]c2ccccc2c1C(C(=O)O)C1CCCCC1. The molecule has 0 radical (unpaired) electrons. The lowest BCUT2D eigenvalue weighted by Crippen LogP contribution is -2.24. The topological polar surface area (TPSA) is 53.1 Å². The number of hydrogen-bond acceptors (Lipinski definition) is 1. The van der Waals surface area contributed by atoms with Crippen LogP contribution in [0.4, 0.5) is 0 Å². The first-order valence-corrected chi connectivity index (χ1v) is 7.48. The van der Waals surface area contributed by atoms with Gasteiger partial charge in [0.05, 0.1) is 5.92 Å². The van der Waals surface area contributed by atoms with E-state index in [2.05, 4.69) is 4.98 Å². The summed E-state index contributed by atoms with van der Waals surface area (Å²) in [5.74, 6) is -0.768. The lowest BCUT2D eigenvalue weighted by molar-refractivity contribution is -0.140. The van der Waals surface area contributed by atoms with Crippen molar-refractivity contribution in [2.45, 2.75) is 44.9 Å². The molecule has 1 aliphatic carbocycles. The fourth-order valence-corrected chi connectivity index (χ4v) is 3.73. The Labute approximate surface area is 119 Å². The Morgan fingerprint density at radius 1 is 1.25 bits per heavy atom. The van der Waals surface area contributed by atoms with Crippen molar-refractivity contribution in [3.05, 3.63) is 35.5 Å². The number of carboxylic acid groups (broad SMARTS) is 1. The maximum absolute atomic E-state index is 11.9. The van der Waals surface area contributed by atoms with Crippen LogP contribution in [0, 0.1) is 12.8 Å². The largest absolute Gasteiger partial charge is 0.481 e. The van der Waals surface area contributed by atoms with Crippen molar-refractivity contribution < 1.29 is 9.90 Å². The smallest absolute Gasteiger partial charge is 0.311 e. The van der Waals surface area contributed by atoms with Crippen LogP contribution in [0.15, 0.2) is 24.3 Å². The molecule has 0 bridgehead atoms. The molecule has 1 fully saturated rings. The van der Waals surface area contributed by atoms with E-state index < -0.39 is 5.97 Å². The van der Waals surface area contributed by atoms with Crippen molar-refractivity contribution in [1.82, 2.24) is 4.98 Å². The van der Waals surface area contributed by atoms with Gasteiger partial charge in [-0.05, 0) is 37.3 Å². The number of aromatic amines is 1. The number of carbonyl (C=O) groups is 1. The minimum Gasteiger partial charge on any atom is -0.481 e. The molecule has 2 N–H and O–H groups in total. The lowest BCUT2D eigenvalue weighted by Gasteiger charge is -2.28. The predicted molar refractivity (Wildman–Crippen MR) is 80.0 cm³/mol. The molecule has 3 heteroatoms. The number of rotatable bonds is 3. The normalized spacial score (nSPS) is 18.2. The molecule has 1 heterocycles. The molecule has 0 spiro atoms. The Balaban J connectivity index is 2.09. The first-order chi connectivity index (χ1) is 9.68. The summed E-state index contributed by atoms with van der Waals surface area (Å²) in [7, 11) is 0. The second-order valence-corrected chi connectivity index (χ2v) is 5.92. The van der Waals surface area contributed by atoms with E-state index >= 15 is 0 Å². The standard InChI is InChI=1S/C17H21NO2/c1-11-15(13-9-5-6-10-14(13)18-11)16(17(19)20)12-7-3-2-4-8-12/h5-6,9-10,12,16,18H,2-4,7-8H2,1H3,(H,19,20). The van der Waals surface area contributed by atoms with Gasteiger partial charge in [0, 0.05) is 16.6 Å². The summed E-state index contributed by atoms with van der Waals surface area (Å²) in [4.78, 5) is 15.2. The van der Waals surface area contributed by atoms with E-state index in [0.717, 1.165) is 47.8 Å². The molecule has 1 unspecified atom stereocenters. The summed E-state index contributed by atoms with van der Waals surface area (Å²) in [6.07, 6.45) is 5.65. The van der Waals surface area contributed by atoms with Gasteiger partial charge in [0.25, 0.3) is 0 Å². The average Bonchev–Trinajstić information content (AvgIpc) is 2.77. The Hall–Kier alpha value is -1.77. The van der Waals surface area contributed by atoms with E-state index in [-0.39, 0.29) is 11.8 Å². The van der Waals surface area contributed by atoms with Crippen molar-refractivity contribution in [3.63, 3.8) is 0 Å². The highest BCUT2D eigenvalue weighted by Gasteiger charge is 2.33. The number of nitrogens with one attached hydrogen (secondary N) is 1. The maximum atomic E-state index is 11.9. The van der Waals surface area contributed by atoms with E-state index in [1.54, 1.807) is 0 Å². The van der Waals surface area contributed by atoms with Crippen molar-refractivity contribution >= 4 is 16.9 Å². The number of benzene rings is 1. The van der Waals surface area contributed by atoms with Crippen LogP contribution in [0.5, 0.6) is 0 Å². The van der Waals surface area contributed by atoms with Gasteiger partial charge in [-0.15, -0.1) is 0 Å². The second-order valence-electron chi connectivity index (χ2n) is 5.92. The Morgan fingerprint density at radius 3 is 2.65 bits per heavy atom. The fraction of sp³-hybridized carbons (Fsp3) is 0.471. The Bertz CT molecular complexity index is 623. The van der Waals surface area contributed by atoms with Gasteiger partial charge in [-0.3, -0.25) is 4.79 Å². The molecule has 1 aromatic carbocycles. The molecule has 0 aliphatic heterocycles. The summed E-state index contributed by atoms with van der Waals surface area (Å²) < 4.78 is 0. The van der Waals surface area contributed by atoms with Gasteiger partial charge < -0.3 is 10.1 Å². The number of aliphatic carboxylic acids is 1. The number of fused-ring (bicyclic) bond motifs is 1. The maximum Gasteiger partial charge on any atom is 0.311 e. The highest BCUT2D eigenvalue weighted by Crippen LogP contribution is 2.40. The van der Waals surface area contributed by atoms with Crippen LogP contribution in [0.25, 0.3) is 10.9 Å². The summed E-state index contributed by atoms with van der Waals surface area (Å²) >= 11 is 0. The lowest BCUT2D eigenvalue weighted by atomic mass is 9.76. The van der Waals surface area contributed by atoms with Gasteiger partial charge in [-0.2, -0.15) is 0 Å². The zero-order chi connectivity index (χ0) is 14.1. The zero-order valence-electron chi connectivity index (χ0n) is 11.9. The third-order valence-electron chi connectivity index (χ3n) is 4.64. The van der Waals surface area contributed by atoms with Crippen LogP contribution >= 0.6 is 0 Å². The zero-order valence-corrected chi connectivity index (χ0v) is 11.9. The van der Waals surface area contributed by atoms with E-state index in [0.29, 0.717) is 0 Å². The molecule has 0 amide bonds. The molecule has 3 rings (SSSR count). The molecule has 1 saturated carbocycles. The van der Waals surface area contributed by atoms with Crippen LogP contribution in [-0.2, 0) is 4.79 Å². The summed E-state index contributed by atoms with van der Waals surface area (Å²) in [5.41, 5.74) is 3.05. The molecular formula is C17H21NO2. The van der Waals surface area contributed by atoms with Crippen molar-refractivity contribution in [2.24, 2.45) is 5.92 Å². The number of hydrogen-bond donors (Lipinski definition) is 2. The molecule has 1 atom stereocenters. The van der Waals surface area contributed by atoms with Gasteiger partial charge in [-0.1, -0.05) is 37.5 Å². The van der Waals surface area contributed by atoms with E-state index in [4.69, 9.17) is 0 Å². The predicted octanol–water partition coefficient (Wildman–Crippen LogP) is 4.22. The highest BCUT2D eigenvalue weighted by atomic mass is 16.4. The third-order valence-corrected chi connectivity index (χ3v) is 4.64. The number of para-hydroxylation sites is 1. The van der Waals surface area contributed by atoms with Crippen molar-refractivity contribution in [3.8, 4) is 0 Å². The van der Waals surface area contributed by atoms with E-state index in [1.807, 2.05) is 31.2 Å². The second kappa shape index (κ2) is 5.31. The molecule has 20 heavy (non-hydrogen) atoms. The number of H-pyrrole nitrogens is 1. The average molecular weight is 271 g/mol. The summed E-state index contributed by atoms with van der Waals surface area (Å²) in [6.45, 7) is 1.99. The van der Waals surface area contributed by atoms with Crippen LogP contribution in [0.3, 0.4) is 0 Å². The van der Waals surface area contributed by atoms with Crippen LogP contribution in [-0.4, -0.2) is 16.1 Å². The van der Waals surface area contributed by atoms with Gasteiger partial charge in [0.15, 0.2) is 0 Å².